The highest BCUT2D eigenvalue weighted by Crippen LogP contribution is 2.30. The summed E-state index contributed by atoms with van der Waals surface area (Å²) >= 11 is 2.75. The van der Waals surface area contributed by atoms with Gasteiger partial charge in [0.1, 0.15) is 28.9 Å². The van der Waals surface area contributed by atoms with Crippen LogP contribution in [0.4, 0.5) is 32.0 Å². The molecule has 0 aliphatic heterocycles. The molecule has 0 saturated carbocycles. The van der Waals surface area contributed by atoms with Crippen LogP contribution >= 0.6 is 15.9 Å². The monoisotopic (exact) mass is 427 g/mol. The van der Waals surface area contributed by atoms with Crippen LogP contribution in [0, 0.1) is 17.5 Å². The lowest BCUT2D eigenvalue weighted by molar-refractivity contribution is -0.153. The largest absolute Gasteiger partial charge is 0.483 e. The number of hydrogen-bond donors (Lipinski definition) is 1. The summed E-state index contributed by atoms with van der Waals surface area (Å²) in [6, 6.07) is 4.18. The molecule has 0 aliphatic rings. The van der Waals surface area contributed by atoms with E-state index in [0.29, 0.717) is 6.07 Å². The first kappa shape index (κ1) is 19.1. The van der Waals surface area contributed by atoms with Crippen LogP contribution in [-0.4, -0.2) is 18.7 Å². The third-order valence-corrected chi connectivity index (χ3v) is 3.47. The maximum absolute atomic E-state index is 13.6. The maximum Gasteiger partial charge on any atom is 0.422 e. The highest BCUT2D eigenvalue weighted by atomic mass is 79.9. The van der Waals surface area contributed by atoms with Crippen molar-refractivity contribution in [2.75, 3.05) is 11.9 Å². The Bertz CT molecular complexity index is 789. The number of rotatable bonds is 4. The number of hydrogen-bond acceptors (Lipinski definition) is 2. The summed E-state index contributed by atoms with van der Waals surface area (Å²) in [6.07, 6.45) is -4.70. The molecule has 0 aromatic heterocycles. The van der Waals surface area contributed by atoms with Gasteiger partial charge in [-0.3, -0.25) is 4.79 Å². The summed E-state index contributed by atoms with van der Waals surface area (Å²) in [7, 11) is 0. The molecule has 0 saturated heterocycles. The lowest BCUT2D eigenvalue weighted by atomic mass is 10.1. The van der Waals surface area contributed by atoms with Crippen LogP contribution in [-0.2, 0) is 0 Å². The standard InChI is InChI=1S/C15H8BrF6NO2/c16-8-5-12(25-6-15(20,21)22)7(4-11(8)19)14(24)23-13-9(17)2-1-3-10(13)18/h1-5H,6H2,(H,23,24). The Hall–Kier alpha value is -2.23. The van der Waals surface area contributed by atoms with Gasteiger partial charge in [-0.15, -0.1) is 0 Å². The molecular formula is C15H8BrF6NO2. The van der Waals surface area contributed by atoms with Gasteiger partial charge < -0.3 is 10.1 Å². The molecule has 1 N–H and O–H groups in total. The molecule has 2 rings (SSSR count). The lowest BCUT2D eigenvalue weighted by Gasteiger charge is -2.14. The SMILES string of the molecule is O=C(Nc1c(F)cccc1F)c1cc(F)c(Br)cc1OCC(F)(F)F. The Labute approximate surface area is 145 Å². The molecule has 0 unspecified atom stereocenters. The molecule has 3 nitrogen and oxygen atoms in total. The normalized spacial score (nSPS) is 11.3. The van der Waals surface area contributed by atoms with Gasteiger partial charge in [-0.1, -0.05) is 6.07 Å². The number of ether oxygens (including phenoxy) is 1. The van der Waals surface area contributed by atoms with Crippen LogP contribution in [0.3, 0.4) is 0 Å². The summed E-state index contributed by atoms with van der Waals surface area (Å²) in [4.78, 5) is 12.1. The van der Waals surface area contributed by atoms with Crippen LogP contribution in [0.15, 0.2) is 34.8 Å². The fourth-order valence-electron chi connectivity index (χ4n) is 1.78. The van der Waals surface area contributed by atoms with Crippen molar-refractivity contribution in [3.05, 3.63) is 57.8 Å². The number of alkyl halides is 3. The molecule has 2 aromatic carbocycles. The molecule has 0 spiro atoms. The number of carbonyl (C=O) groups excluding carboxylic acids is 1. The molecule has 134 valence electrons. The first-order chi connectivity index (χ1) is 11.6. The number of anilines is 1. The van der Waals surface area contributed by atoms with Crippen LogP contribution in [0.25, 0.3) is 0 Å². The zero-order valence-corrected chi connectivity index (χ0v) is 13.6. The molecule has 0 heterocycles. The molecule has 2 aromatic rings. The van der Waals surface area contributed by atoms with Crippen molar-refractivity contribution in [1.29, 1.82) is 0 Å². The minimum Gasteiger partial charge on any atom is -0.483 e. The summed E-state index contributed by atoms with van der Waals surface area (Å²) in [5.41, 5.74) is -1.48. The van der Waals surface area contributed by atoms with Crippen molar-refractivity contribution in [3.63, 3.8) is 0 Å². The van der Waals surface area contributed by atoms with Crippen molar-refractivity contribution in [2.45, 2.75) is 6.18 Å². The number of nitrogens with one attached hydrogen (secondary N) is 1. The quantitative estimate of drug-likeness (QED) is 0.692. The van der Waals surface area contributed by atoms with Crippen molar-refractivity contribution in [1.82, 2.24) is 0 Å². The van der Waals surface area contributed by atoms with E-state index in [1.54, 1.807) is 0 Å². The van der Waals surface area contributed by atoms with Crippen LogP contribution in [0.5, 0.6) is 5.75 Å². The van der Waals surface area contributed by atoms with E-state index in [0.717, 1.165) is 24.3 Å². The molecule has 0 atom stereocenters. The first-order valence-corrected chi connectivity index (χ1v) is 7.32. The van der Waals surface area contributed by atoms with Gasteiger partial charge in [0.05, 0.1) is 10.0 Å². The number of halogens is 7. The minimum atomic E-state index is -4.70. The third kappa shape index (κ3) is 4.88. The predicted octanol–water partition coefficient (Wildman–Crippen LogP) is 5.06. The van der Waals surface area contributed by atoms with E-state index >= 15 is 0 Å². The molecule has 0 radical (unpaired) electrons. The minimum absolute atomic E-state index is 0.252. The van der Waals surface area contributed by atoms with E-state index in [4.69, 9.17) is 0 Å². The summed E-state index contributed by atoms with van der Waals surface area (Å²) in [5, 5.41) is 1.85. The van der Waals surface area contributed by atoms with Crippen LogP contribution in [0.2, 0.25) is 0 Å². The van der Waals surface area contributed by atoms with Crippen LogP contribution < -0.4 is 10.1 Å². The number of amides is 1. The van der Waals surface area contributed by atoms with Gasteiger partial charge in [0, 0.05) is 0 Å². The Kier molecular flexibility index (Phi) is 5.61. The van der Waals surface area contributed by atoms with Gasteiger partial charge in [-0.05, 0) is 40.2 Å². The highest BCUT2D eigenvalue weighted by Gasteiger charge is 2.30. The molecule has 0 bridgehead atoms. The molecule has 25 heavy (non-hydrogen) atoms. The Morgan fingerprint density at radius 1 is 1.08 bits per heavy atom. The van der Waals surface area contributed by atoms with E-state index in [9.17, 15) is 31.1 Å². The Morgan fingerprint density at radius 2 is 1.68 bits per heavy atom. The van der Waals surface area contributed by atoms with Crippen molar-refractivity contribution < 1.29 is 35.9 Å². The molecule has 0 fully saturated rings. The van der Waals surface area contributed by atoms with E-state index < -0.39 is 53.1 Å². The summed E-state index contributed by atoms with van der Waals surface area (Å²) in [5.74, 6) is -5.04. The Balaban J connectivity index is 2.36. The molecular weight excluding hydrogens is 420 g/mol. The second-order valence-electron chi connectivity index (χ2n) is 4.72. The lowest BCUT2D eigenvalue weighted by Crippen LogP contribution is -2.22. The van der Waals surface area contributed by atoms with Crippen LogP contribution in [0.1, 0.15) is 10.4 Å². The Morgan fingerprint density at radius 3 is 2.24 bits per heavy atom. The van der Waals surface area contributed by atoms with E-state index in [2.05, 4.69) is 20.7 Å². The third-order valence-electron chi connectivity index (χ3n) is 2.86. The zero-order valence-electron chi connectivity index (χ0n) is 12.1. The maximum atomic E-state index is 13.6. The smallest absolute Gasteiger partial charge is 0.422 e. The van der Waals surface area contributed by atoms with Crippen molar-refractivity contribution in [3.8, 4) is 5.75 Å². The average molecular weight is 428 g/mol. The second-order valence-corrected chi connectivity index (χ2v) is 5.57. The van der Waals surface area contributed by atoms with Gasteiger partial charge in [0.15, 0.2) is 6.61 Å². The topological polar surface area (TPSA) is 38.3 Å². The summed E-state index contributed by atoms with van der Waals surface area (Å²) < 4.78 is 81.9. The van der Waals surface area contributed by atoms with Gasteiger partial charge >= 0.3 is 6.18 Å². The fourth-order valence-corrected chi connectivity index (χ4v) is 2.11. The fraction of sp³-hybridized carbons (Fsp3) is 0.133. The van der Waals surface area contributed by atoms with E-state index in [1.165, 1.54) is 0 Å². The molecule has 10 heteroatoms. The van der Waals surface area contributed by atoms with Gasteiger partial charge in [-0.2, -0.15) is 13.2 Å². The van der Waals surface area contributed by atoms with E-state index in [1.807, 2.05) is 5.32 Å². The second kappa shape index (κ2) is 7.34. The van der Waals surface area contributed by atoms with Gasteiger partial charge in [0.25, 0.3) is 5.91 Å². The van der Waals surface area contributed by atoms with Gasteiger partial charge in [-0.25, -0.2) is 13.2 Å². The molecule has 1 amide bonds. The summed E-state index contributed by atoms with van der Waals surface area (Å²) in [6.45, 7) is -1.74. The van der Waals surface area contributed by atoms with Crippen molar-refractivity contribution >= 4 is 27.5 Å². The average Bonchev–Trinajstić information content (AvgIpc) is 2.51. The first-order valence-electron chi connectivity index (χ1n) is 6.52. The predicted molar refractivity (Wildman–Crippen MR) is 80.0 cm³/mol. The number of benzene rings is 2. The van der Waals surface area contributed by atoms with Gasteiger partial charge in [0.2, 0.25) is 0 Å². The zero-order chi connectivity index (χ0) is 18.8. The number of carbonyl (C=O) groups is 1. The number of para-hydroxylation sites is 1. The van der Waals surface area contributed by atoms with E-state index in [-0.39, 0.29) is 4.47 Å². The molecule has 0 aliphatic carbocycles. The highest BCUT2D eigenvalue weighted by molar-refractivity contribution is 9.10. The van der Waals surface area contributed by atoms with Crippen molar-refractivity contribution in [2.24, 2.45) is 0 Å².